The van der Waals surface area contributed by atoms with Crippen molar-refractivity contribution in [1.82, 2.24) is 29.4 Å². The van der Waals surface area contributed by atoms with Gasteiger partial charge in [-0.25, -0.2) is 29.1 Å². The van der Waals surface area contributed by atoms with Gasteiger partial charge in [-0.3, -0.25) is 4.90 Å². The average molecular weight is 568 g/mol. The molecule has 0 bridgehead atoms. The van der Waals surface area contributed by atoms with Crippen LogP contribution in [-0.2, 0) is 19.7 Å². The third-order valence-corrected chi connectivity index (χ3v) is 7.34. The van der Waals surface area contributed by atoms with Crippen LogP contribution in [-0.4, -0.2) is 53.6 Å². The van der Waals surface area contributed by atoms with Gasteiger partial charge >= 0.3 is 5.97 Å². The van der Waals surface area contributed by atoms with Gasteiger partial charge in [0.1, 0.15) is 36.6 Å². The van der Waals surface area contributed by atoms with Gasteiger partial charge in [-0.1, -0.05) is 12.1 Å². The molecule has 5 aromatic rings. The fraction of sp³-hybridized carbons (Fsp3) is 0.267. The summed E-state index contributed by atoms with van der Waals surface area (Å²) in [6, 6.07) is 15.0. The molecule has 0 atom stereocenters. The summed E-state index contributed by atoms with van der Waals surface area (Å²) in [6.07, 6.45) is 4.81. The highest BCUT2D eigenvalue weighted by atomic mass is 19.1. The third kappa shape index (κ3) is 5.82. The van der Waals surface area contributed by atoms with Gasteiger partial charge in [0.25, 0.3) is 0 Å². The molecule has 1 aliphatic heterocycles. The van der Waals surface area contributed by atoms with Crippen molar-refractivity contribution in [3.05, 3.63) is 101 Å². The van der Waals surface area contributed by atoms with E-state index in [4.69, 9.17) is 19.4 Å². The predicted molar refractivity (Wildman–Crippen MR) is 147 cm³/mol. The Kier molecular flexibility index (Phi) is 7.57. The van der Waals surface area contributed by atoms with Gasteiger partial charge in [0.15, 0.2) is 11.3 Å². The summed E-state index contributed by atoms with van der Waals surface area (Å²) in [5, 5.41) is 18.4. The van der Waals surface area contributed by atoms with Crippen LogP contribution in [0.15, 0.2) is 65.4 Å². The molecule has 1 saturated heterocycles. The van der Waals surface area contributed by atoms with Crippen molar-refractivity contribution < 1.29 is 23.4 Å². The van der Waals surface area contributed by atoms with E-state index in [2.05, 4.69) is 19.9 Å². The number of hydrogen-bond donors (Lipinski definition) is 1. The van der Waals surface area contributed by atoms with Gasteiger partial charge in [0.2, 0.25) is 11.8 Å². The van der Waals surface area contributed by atoms with E-state index in [0.717, 1.165) is 37.4 Å². The number of halogens is 1. The molecule has 1 aromatic carbocycles. The summed E-state index contributed by atoms with van der Waals surface area (Å²) < 4.78 is 27.3. The number of ether oxygens (including phenoxy) is 1. The van der Waals surface area contributed by atoms with E-state index < -0.39 is 11.8 Å². The van der Waals surface area contributed by atoms with Crippen molar-refractivity contribution in [1.29, 1.82) is 5.26 Å². The number of benzene rings is 1. The fourth-order valence-corrected chi connectivity index (χ4v) is 5.13. The monoisotopic (exact) mass is 567 g/mol. The first kappa shape index (κ1) is 27.0. The van der Waals surface area contributed by atoms with E-state index in [9.17, 15) is 14.3 Å². The normalized spacial score (nSPS) is 14.2. The number of hydrogen-bond acceptors (Lipinski definition) is 9. The minimum Gasteiger partial charge on any atom is -0.477 e. The maximum atomic E-state index is 14.2. The van der Waals surface area contributed by atoms with Crippen molar-refractivity contribution >= 4 is 17.1 Å². The van der Waals surface area contributed by atoms with Crippen LogP contribution in [0.25, 0.3) is 11.2 Å². The summed E-state index contributed by atoms with van der Waals surface area (Å²) in [5.74, 6) is 0.306. The van der Waals surface area contributed by atoms with Crippen LogP contribution in [0, 0.1) is 17.1 Å². The zero-order chi connectivity index (χ0) is 29.1. The van der Waals surface area contributed by atoms with Crippen LogP contribution >= 0.6 is 0 Å². The molecule has 0 radical (unpaired) electrons. The first-order valence-corrected chi connectivity index (χ1v) is 13.5. The average Bonchev–Trinajstić information content (AvgIpc) is 3.65. The smallest absolute Gasteiger partial charge is 0.354 e. The minimum absolute atomic E-state index is 0.0176. The van der Waals surface area contributed by atoms with Gasteiger partial charge in [-0.15, -0.1) is 0 Å². The molecule has 0 unspecified atom stereocenters. The zero-order valence-corrected chi connectivity index (χ0v) is 22.5. The molecule has 4 aromatic heterocycles. The van der Waals surface area contributed by atoms with E-state index in [-0.39, 0.29) is 30.3 Å². The van der Waals surface area contributed by atoms with Gasteiger partial charge in [-0.2, -0.15) is 5.26 Å². The Morgan fingerprint density at radius 1 is 1.12 bits per heavy atom. The fourth-order valence-electron chi connectivity index (χ4n) is 5.13. The Bertz CT molecular complexity index is 1770. The number of carbonyl (C=O) groups is 1. The number of carboxylic acid groups (broad SMARTS) is 1. The quantitative estimate of drug-likeness (QED) is 0.270. The number of likely N-dealkylation sites (tertiary alicyclic amines) is 1. The lowest BCUT2D eigenvalue weighted by molar-refractivity contribution is 0.0691. The molecule has 0 amide bonds. The molecule has 11 nitrogen and oxygen atoms in total. The van der Waals surface area contributed by atoms with Crippen LogP contribution in [0.5, 0.6) is 5.88 Å². The number of oxazole rings is 1. The van der Waals surface area contributed by atoms with Gasteiger partial charge in [0, 0.05) is 23.2 Å². The largest absolute Gasteiger partial charge is 0.477 e. The van der Waals surface area contributed by atoms with Crippen LogP contribution in [0.4, 0.5) is 4.39 Å². The summed E-state index contributed by atoms with van der Waals surface area (Å²) in [4.78, 5) is 31.8. The second kappa shape index (κ2) is 11.8. The highest BCUT2D eigenvalue weighted by Gasteiger charge is 2.25. The molecule has 1 aliphatic rings. The first-order chi connectivity index (χ1) is 20.5. The number of imidazole rings is 1. The summed E-state index contributed by atoms with van der Waals surface area (Å²) in [5.41, 5.74) is 2.58. The standard InChI is InChI=1S/C30H26FN7O4/c31-22-14-19(15-32)4-5-21(22)18-42-27-3-1-2-23(35-27)20-8-11-37(12-9-20)16-26-34-24-6-7-25(30(39)40)36-29(24)38(26)17-28-33-10-13-41-28/h1-7,10,13-14,20H,8-9,11-12,16-18H2,(H,39,40). The maximum absolute atomic E-state index is 14.2. The number of nitrogens with zero attached hydrogens (tertiary/aromatic N) is 7. The Morgan fingerprint density at radius 3 is 2.71 bits per heavy atom. The number of rotatable bonds is 9. The van der Waals surface area contributed by atoms with Crippen molar-refractivity contribution in [3.8, 4) is 11.9 Å². The van der Waals surface area contributed by atoms with Crippen molar-refractivity contribution in [2.75, 3.05) is 13.1 Å². The van der Waals surface area contributed by atoms with Gasteiger partial charge in [-0.05, 0) is 56.3 Å². The number of nitriles is 1. The number of pyridine rings is 2. The van der Waals surface area contributed by atoms with E-state index in [1.165, 1.54) is 18.4 Å². The second-order valence-corrected chi connectivity index (χ2v) is 10.0. The van der Waals surface area contributed by atoms with Crippen LogP contribution in [0.2, 0.25) is 0 Å². The number of aromatic carboxylic acids is 1. The van der Waals surface area contributed by atoms with Crippen LogP contribution in [0.3, 0.4) is 0 Å². The SMILES string of the molecule is N#Cc1ccc(COc2cccc(C3CCN(Cc4nc5ccc(C(=O)O)nc5n4Cc4ncco4)CC3)n2)c(F)c1. The van der Waals surface area contributed by atoms with Crippen LogP contribution < -0.4 is 4.74 Å². The second-order valence-electron chi connectivity index (χ2n) is 10.0. The first-order valence-electron chi connectivity index (χ1n) is 13.5. The molecule has 1 fully saturated rings. The Labute approximate surface area is 239 Å². The topological polar surface area (TPSA) is 143 Å². The van der Waals surface area contributed by atoms with E-state index in [1.807, 2.05) is 22.8 Å². The zero-order valence-electron chi connectivity index (χ0n) is 22.5. The molecular weight excluding hydrogens is 541 g/mol. The van der Waals surface area contributed by atoms with Gasteiger partial charge < -0.3 is 18.8 Å². The molecule has 212 valence electrons. The number of aromatic nitrogens is 5. The molecule has 0 aliphatic carbocycles. The molecule has 1 N–H and O–H groups in total. The van der Waals surface area contributed by atoms with Crippen LogP contribution in [0.1, 0.15) is 57.8 Å². The van der Waals surface area contributed by atoms with E-state index in [1.54, 1.807) is 30.5 Å². The lowest BCUT2D eigenvalue weighted by atomic mass is 9.93. The van der Waals surface area contributed by atoms with Crippen molar-refractivity contribution in [2.45, 2.75) is 38.5 Å². The minimum atomic E-state index is -1.10. The Morgan fingerprint density at radius 2 is 1.98 bits per heavy atom. The third-order valence-electron chi connectivity index (χ3n) is 7.34. The molecule has 0 saturated carbocycles. The summed E-state index contributed by atoms with van der Waals surface area (Å²) >= 11 is 0. The van der Waals surface area contributed by atoms with E-state index >= 15 is 0 Å². The number of fused-ring (bicyclic) bond motifs is 1. The lowest BCUT2D eigenvalue weighted by Gasteiger charge is -2.31. The van der Waals surface area contributed by atoms with Crippen molar-refractivity contribution in [2.24, 2.45) is 0 Å². The molecular formula is C30H26FN7O4. The highest BCUT2D eigenvalue weighted by Crippen LogP contribution is 2.29. The Hall–Kier alpha value is -5.15. The molecule has 0 spiro atoms. The number of piperidine rings is 1. The van der Waals surface area contributed by atoms with Crippen molar-refractivity contribution in [3.63, 3.8) is 0 Å². The summed E-state index contributed by atoms with van der Waals surface area (Å²) in [7, 11) is 0. The van der Waals surface area contributed by atoms with E-state index in [0.29, 0.717) is 35.0 Å². The number of carboxylic acids is 1. The molecule has 5 heterocycles. The van der Waals surface area contributed by atoms with Gasteiger partial charge in [0.05, 0.1) is 24.4 Å². The molecule has 42 heavy (non-hydrogen) atoms. The summed E-state index contributed by atoms with van der Waals surface area (Å²) in [6.45, 7) is 2.48. The molecule has 6 rings (SSSR count). The highest BCUT2D eigenvalue weighted by molar-refractivity contribution is 5.88. The Balaban J connectivity index is 1.12. The molecule has 12 heteroatoms. The lowest BCUT2D eigenvalue weighted by Crippen LogP contribution is -2.33. The maximum Gasteiger partial charge on any atom is 0.354 e. The predicted octanol–water partition coefficient (Wildman–Crippen LogP) is 4.53.